The Morgan fingerprint density at radius 2 is 1.37 bits per heavy atom. The van der Waals surface area contributed by atoms with Crippen LogP contribution in [0, 0.1) is 13.8 Å². The lowest BCUT2D eigenvalue weighted by Crippen LogP contribution is -2.38. The lowest BCUT2D eigenvalue weighted by molar-refractivity contribution is 0.0693. The molecule has 1 aliphatic heterocycles. The molecule has 1 heterocycles. The van der Waals surface area contributed by atoms with Gasteiger partial charge in [0.25, 0.3) is 5.91 Å². The highest BCUT2D eigenvalue weighted by Gasteiger charge is 2.43. The fourth-order valence-electron chi connectivity index (χ4n) is 4.57. The van der Waals surface area contributed by atoms with E-state index in [9.17, 15) is 13.2 Å². The second kappa shape index (κ2) is 10.2. The van der Waals surface area contributed by atoms with Crippen LogP contribution in [0.1, 0.15) is 47.1 Å². The lowest BCUT2D eigenvalue weighted by atomic mass is 10.1. The van der Waals surface area contributed by atoms with Crippen LogP contribution in [0.15, 0.2) is 77.7 Å². The Balaban J connectivity index is 1.75. The Morgan fingerprint density at radius 3 is 1.91 bits per heavy atom. The second-order valence-corrected chi connectivity index (χ2v) is 10.8. The Bertz CT molecular complexity index is 1270. The minimum absolute atomic E-state index is 0.176. The maximum Gasteiger partial charge on any atom is 0.255 e. The molecular formula is C28H33N3O3S. The molecule has 3 aromatic carbocycles. The van der Waals surface area contributed by atoms with E-state index in [2.05, 4.69) is 18.7 Å². The first kappa shape index (κ1) is 24.9. The average Bonchev–Trinajstić information content (AvgIpc) is 3.32. The monoisotopic (exact) mass is 491 g/mol. The van der Waals surface area contributed by atoms with Gasteiger partial charge in [-0.25, -0.2) is 8.42 Å². The first-order valence-electron chi connectivity index (χ1n) is 12.1. The van der Waals surface area contributed by atoms with E-state index >= 15 is 0 Å². The molecule has 6 nitrogen and oxygen atoms in total. The minimum atomic E-state index is -3.81. The number of rotatable bonds is 7. The van der Waals surface area contributed by atoms with Crippen molar-refractivity contribution >= 4 is 21.6 Å². The van der Waals surface area contributed by atoms with Crippen molar-refractivity contribution in [2.24, 2.45) is 0 Å². The van der Waals surface area contributed by atoms with Crippen molar-refractivity contribution in [1.29, 1.82) is 0 Å². The third-order valence-electron chi connectivity index (χ3n) is 6.64. The van der Waals surface area contributed by atoms with E-state index in [0.717, 1.165) is 35.5 Å². The number of carbonyl (C=O) groups excluding carboxylic acids is 1. The molecule has 1 saturated heterocycles. The summed E-state index contributed by atoms with van der Waals surface area (Å²) in [5, 5.41) is 0. The van der Waals surface area contributed by atoms with Crippen LogP contribution in [-0.4, -0.2) is 49.7 Å². The van der Waals surface area contributed by atoms with E-state index in [-0.39, 0.29) is 17.3 Å². The van der Waals surface area contributed by atoms with Crippen molar-refractivity contribution in [2.45, 2.75) is 38.8 Å². The highest BCUT2D eigenvalue weighted by atomic mass is 32.2. The quantitative estimate of drug-likeness (QED) is 0.467. The summed E-state index contributed by atoms with van der Waals surface area (Å²) < 4.78 is 28.9. The van der Waals surface area contributed by atoms with E-state index in [4.69, 9.17) is 0 Å². The van der Waals surface area contributed by atoms with Gasteiger partial charge in [-0.05, 0) is 69.7 Å². The van der Waals surface area contributed by atoms with Crippen molar-refractivity contribution in [3.8, 4) is 0 Å². The number of hydrogen-bond acceptors (Lipinski definition) is 4. The molecule has 0 aromatic heterocycles. The molecule has 1 atom stereocenters. The van der Waals surface area contributed by atoms with Crippen LogP contribution in [0.2, 0.25) is 0 Å². The Hall–Kier alpha value is -3.16. The molecule has 7 heteroatoms. The maximum absolute atomic E-state index is 13.7. The summed E-state index contributed by atoms with van der Waals surface area (Å²) in [6.07, 6.45) is -0.721. The standard InChI is InChI=1S/C28H33N3O3S/c1-5-29(6-2)25-15-13-23(14-16-25)27-30(28(32)24-11-7-21(3)8-12-24)19-20-31(27)35(33,34)26-17-9-22(4)10-18-26/h7-18,27H,5-6,19-20H2,1-4H3/t27-/m0/s1. The molecular weight excluding hydrogens is 458 g/mol. The zero-order valence-corrected chi connectivity index (χ0v) is 21.6. The number of carbonyl (C=O) groups is 1. The van der Waals surface area contributed by atoms with E-state index in [1.165, 1.54) is 4.31 Å². The predicted octanol–water partition coefficient (Wildman–Crippen LogP) is 5.00. The lowest BCUT2D eigenvalue weighted by Gasteiger charge is -2.31. The molecule has 0 aliphatic carbocycles. The number of amides is 1. The topological polar surface area (TPSA) is 60.9 Å². The number of benzene rings is 3. The third kappa shape index (κ3) is 4.97. The van der Waals surface area contributed by atoms with Crippen LogP contribution in [0.3, 0.4) is 0 Å². The van der Waals surface area contributed by atoms with E-state index in [0.29, 0.717) is 12.1 Å². The van der Waals surface area contributed by atoms with Gasteiger partial charge in [0.1, 0.15) is 6.17 Å². The van der Waals surface area contributed by atoms with Crippen LogP contribution < -0.4 is 4.90 Å². The van der Waals surface area contributed by atoms with Gasteiger partial charge in [0.15, 0.2) is 0 Å². The molecule has 0 radical (unpaired) electrons. The predicted molar refractivity (Wildman–Crippen MR) is 140 cm³/mol. The van der Waals surface area contributed by atoms with Gasteiger partial charge in [-0.3, -0.25) is 4.79 Å². The minimum Gasteiger partial charge on any atom is -0.372 e. The fourth-order valence-corrected chi connectivity index (χ4v) is 6.14. The smallest absolute Gasteiger partial charge is 0.255 e. The van der Waals surface area contributed by atoms with Crippen LogP contribution in [0.4, 0.5) is 5.69 Å². The van der Waals surface area contributed by atoms with E-state index < -0.39 is 16.2 Å². The zero-order chi connectivity index (χ0) is 25.2. The molecule has 0 N–H and O–H groups in total. The summed E-state index contributed by atoms with van der Waals surface area (Å²) in [4.78, 5) is 17.7. The van der Waals surface area contributed by atoms with Gasteiger partial charge in [-0.2, -0.15) is 4.31 Å². The molecule has 4 rings (SSSR count). The average molecular weight is 492 g/mol. The van der Waals surface area contributed by atoms with Crippen LogP contribution in [0.5, 0.6) is 0 Å². The van der Waals surface area contributed by atoms with Crippen molar-refractivity contribution in [1.82, 2.24) is 9.21 Å². The molecule has 184 valence electrons. The highest BCUT2D eigenvalue weighted by molar-refractivity contribution is 7.89. The summed E-state index contributed by atoms with van der Waals surface area (Å²) in [5.41, 5.74) is 4.45. The summed E-state index contributed by atoms with van der Waals surface area (Å²) in [6.45, 7) is 10.4. The van der Waals surface area contributed by atoms with Gasteiger partial charge in [-0.1, -0.05) is 47.5 Å². The Labute approximate surface area is 208 Å². The molecule has 1 fully saturated rings. The zero-order valence-electron chi connectivity index (χ0n) is 20.8. The highest BCUT2D eigenvalue weighted by Crippen LogP contribution is 2.36. The molecule has 0 unspecified atom stereocenters. The Kier molecular flexibility index (Phi) is 7.28. The number of hydrogen-bond donors (Lipinski definition) is 0. The van der Waals surface area contributed by atoms with E-state index in [1.807, 2.05) is 50.2 Å². The number of nitrogens with zero attached hydrogens (tertiary/aromatic N) is 3. The molecule has 35 heavy (non-hydrogen) atoms. The Morgan fingerprint density at radius 1 is 0.829 bits per heavy atom. The van der Waals surface area contributed by atoms with Crippen molar-refractivity contribution < 1.29 is 13.2 Å². The summed E-state index contributed by atoms with van der Waals surface area (Å²) in [6, 6.07) is 22.2. The van der Waals surface area contributed by atoms with Crippen LogP contribution in [-0.2, 0) is 10.0 Å². The van der Waals surface area contributed by atoms with Crippen molar-refractivity contribution in [3.05, 3.63) is 95.1 Å². The third-order valence-corrected chi connectivity index (χ3v) is 8.50. The number of anilines is 1. The van der Waals surface area contributed by atoms with Gasteiger partial charge >= 0.3 is 0 Å². The van der Waals surface area contributed by atoms with E-state index in [1.54, 1.807) is 41.3 Å². The molecule has 0 spiro atoms. The number of aryl methyl sites for hydroxylation is 2. The van der Waals surface area contributed by atoms with Gasteiger partial charge in [0, 0.05) is 37.4 Å². The molecule has 0 bridgehead atoms. The molecule has 1 aliphatic rings. The van der Waals surface area contributed by atoms with Gasteiger partial charge in [0.05, 0.1) is 4.90 Å². The first-order valence-corrected chi connectivity index (χ1v) is 13.5. The second-order valence-electron chi connectivity index (χ2n) is 8.93. The van der Waals surface area contributed by atoms with Crippen molar-refractivity contribution in [3.63, 3.8) is 0 Å². The van der Waals surface area contributed by atoms with Gasteiger partial charge in [0.2, 0.25) is 10.0 Å². The SMILES string of the molecule is CCN(CC)c1ccc([C@H]2N(C(=O)c3ccc(C)cc3)CCN2S(=O)(=O)c2ccc(C)cc2)cc1. The number of sulfonamides is 1. The molecule has 3 aromatic rings. The summed E-state index contributed by atoms with van der Waals surface area (Å²) in [5.74, 6) is -0.176. The van der Waals surface area contributed by atoms with Crippen molar-refractivity contribution in [2.75, 3.05) is 31.1 Å². The van der Waals surface area contributed by atoms with Crippen LogP contribution in [0.25, 0.3) is 0 Å². The van der Waals surface area contributed by atoms with Gasteiger partial charge in [-0.15, -0.1) is 0 Å². The largest absolute Gasteiger partial charge is 0.372 e. The van der Waals surface area contributed by atoms with Crippen LogP contribution >= 0.6 is 0 Å². The summed E-state index contributed by atoms with van der Waals surface area (Å²) >= 11 is 0. The fraction of sp³-hybridized carbons (Fsp3) is 0.321. The molecule has 0 saturated carbocycles. The van der Waals surface area contributed by atoms with Gasteiger partial charge < -0.3 is 9.80 Å². The maximum atomic E-state index is 13.7. The first-order chi connectivity index (χ1) is 16.8. The summed E-state index contributed by atoms with van der Waals surface area (Å²) in [7, 11) is -3.81. The normalized spacial score (nSPS) is 16.5. The molecule has 1 amide bonds.